The van der Waals surface area contributed by atoms with Crippen LogP contribution in [-0.4, -0.2) is 23.1 Å². The van der Waals surface area contributed by atoms with Gasteiger partial charge in [-0.1, -0.05) is 0 Å². The van der Waals surface area contributed by atoms with E-state index in [2.05, 4.69) is 6.07 Å². The molecule has 0 amide bonds. The SMILES string of the molecule is Fc1ccc(COc2[c-]cccc2)c(F)c1.[Br-].[Mg+2]. The maximum atomic E-state index is 13.2. The van der Waals surface area contributed by atoms with Gasteiger partial charge in [0.2, 0.25) is 0 Å². The van der Waals surface area contributed by atoms with E-state index in [-0.39, 0.29) is 46.6 Å². The van der Waals surface area contributed by atoms with Crippen LogP contribution in [0.3, 0.4) is 0 Å². The van der Waals surface area contributed by atoms with Gasteiger partial charge >= 0.3 is 23.1 Å². The number of hydrogen-bond donors (Lipinski definition) is 0. The van der Waals surface area contributed by atoms with Gasteiger partial charge in [0, 0.05) is 17.4 Å². The van der Waals surface area contributed by atoms with E-state index in [0.29, 0.717) is 11.3 Å². The van der Waals surface area contributed by atoms with E-state index in [0.717, 1.165) is 6.07 Å². The predicted molar refractivity (Wildman–Crippen MR) is 61.7 cm³/mol. The van der Waals surface area contributed by atoms with Crippen molar-refractivity contribution in [3.8, 4) is 5.75 Å². The fourth-order valence-electron chi connectivity index (χ4n) is 1.26. The maximum Gasteiger partial charge on any atom is 2.00 e. The minimum Gasteiger partial charge on any atom is -1.00 e. The summed E-state index contributed by atoms with van der Waals surface area (Å²) < 4.78 is 31.1. The molecule has 0 heterocycles. The average molecular weight is 323 g/mol. The molecule has 1 nitrogen and oxygen atoms in total. The Morgan fingerprint density at radius 3 is 2.50 bits per heavy atom. The molecule has 0 aliphatic rings. The molecule has 90 valence electrons. The molecule has 0 atom stereocenters. The largest absolute Gasteiger partial charge is 2.00 e. The second kappa shape index (κ2) is 8.45. The maximum absolute atomic E-state index is 13.2. The van der Waals surface area contributed by atoms with Crippen molar-refractivity contribution in [1.29, 1.82) is 0 Å². The number of para-hydroxylation sites is 1. The Morgan fingerprint density at radius 1 is 1.11 bits per heavy atom. The van der Waals surface area contributed by atoms with E-state index in [9.17, 15) is 8.78 Å². The van der Waals surface area contributed by atoms with Crippen molar-refractivity contribution in [1.82, 2.24) is 0 Å². The number of ether oxygens (including phenoxy) is 1. The van der Waals surface area contributed by atoms with Crippen LogP contribution < -0.4 is 21.7 Å². The molecule has 0 saturated heterocycles. The van der Waals surface area contributed by atoms with Gasteiger partial charge in [-0.15, -0.1) is 12.1 Å². The number of halogens is 3. The molecule has 5 heteroatoms. The normalized spacial score (nSPS) is 9.00. The van der Waals surface area contributed by atoms with Crippen LogP contribution in [0.15, 0.2) is 42.5 Å². The van der Waals surface area contributed by atoms with Crippen LogP contribution in [0.5, 0.6) is 5.75 Å². The zero-order valence-electron chi connectivity index (χ0n) is 9.50. The Hall–Kier alpha value is -0.654. The second-order valence-electron chi connectivity index (χ2n) is 3.25. The smallest absolute Gasteiger partial charge is 1.00 e. The van der Waals surface area contributed by atoms with Gasteiger partial charge in [-0.3, -0.25) is 0 Å². The van der Waals surface area contributed by atoms with Gasteiger partial charge in [0.25, 0.3) is 0 Å². The molecule has 2 aromatic rings. The summed E-state index contributed by atoms with van der Waals surface area (Å²) in [7, 11) is 0. The Bertz CT molecular complexity index is 480. The number of hydrogen-bond acceptors (Lipinski definition) is 1. The van der Waals surface area contributed by atoms with Crippen LogP contribution >= 0.6 is 0 Å². The van der Waals surface area contributed by atoms with E-state index >= 15 is 0 Å². The summed E-state index contributed by atoms with van der Waals surface area (Å²) in [5, 5.41) is 0. The molecule has 0 spiro atoms. The summed E-state index contributed by atoms with van der Waals surface area (Å²) in [6.07, 6.45) is 0. The van der Waals surface area contributed by atoms with Gasteiger partial charge in [0.05, 0.1) is 0 Å². The Labute approximate surface area is 131 Å². The number of rotatable bonds is 3. The third-order valence-electron chi connectivity index (χ3n) is 2.08. The van der Waals surface area contributed by atoms with Crippen molar-refractivity contribution in [2.45, 2.75) is 6.61 Å². The van der Waals surface area contributed by atoms with Crippen LogP contribution in [0.4, 0.5) is 8.78 Å². The molecule has 0 unspecified atom stereocenters. The molecule has 18 heavy (non-hydrogen) atoms. The van der Waals surface area contributed by atoms with Gasteiger partial charge < -0.3 is 21.7 Å². The van der Waals surface area contributed by atoms with Crippen LogP contribution in [-0.2, 0) is 6.61 Å². The summed E-state index contributed by atoms with van der Waals surface area (Å²) in [4.78, 5) is 0. The Morgan fingerprint density at radius 2 is 1.89 bits per heavy atom. The summed E-state index contributed by atoms with van der Waals surface area (Å²) in [6, 6.07) is 13.3. The molecule has 0 aliphatic carbocycles. The van der Waals surface area contributed by atoms with E-state index in [4.69, 9.17) is 4.74 Å². The summed E-state index contributed by atoms with van der Waals surface area (Å²) in [6.45, 7) is 0.0621. The van der Waals surface area contributed by atoms with Crippen molar-refractivity contribution in [3.63, 3.8) is 0 Å². The predicted octanol–water partition coefficient (Wildman–Crippen LogP) is -0.0328. The molecular formula is C13H9BrF2MgO. The van der Waals surface area contributed by atoms with Crippen LogP contribution in [0.1, 0.15) is 5.56 Å². The molecule has 0 N–H and O–H groups in total. The fourth-order valence-corrected chi connectivity index (χ4v) is 1.26. The molecule has 0 saturated carbocycles. The minimum atomic E-state index is -0.601. The van der Waals surface area contributed by atoms with E-state index in [1.54, 1.807) is 18.2 Å². The van der Waals surface area contributed by atoms with E-state index in [1.807, 2.05) is 6.07 Å². The van der Waals surface area contributed by atoms with Gasteiger partial charge in [-0.25, -0.2) is 8.78 Å². The molecular weight excluding hydrogens is 314 g/mol. The quantitative estimate of drug-likeness (QED) is 0.569. The topological polar surface area (TPSA) is 9.23 Å². The molecule has 0 fully saturated rings. The standard InChI is InChI=1S/C13H9F2O.BrH.Mg/c14-11-7-6-10(13(15)8-11)9-16-12-4-2-1-3-5-12;;/h1-4,6-8H,9H2;1H;/q-1;;+2/p-1. The third-order valence-corrected chi connectivity index (χ3v) is 2.08. The summed E-state index contributed by atoms with van der Waals surface area (Å²) in [5.41, 5.74) is 0.318. The third kappa shape index (κ3) is 4.92. The first-order valence-corrected chi connectivity index (χ1v) is 4.79. The van der Waals surface area contributed by atoms with Crippen LogP contribution in [0, 0.1) is 17.7 Å². The molecule has 0 radical (unpaired) electrons. The van der Waals surface area contributed by atoms with Crippen molar-refractivity contribution in [2.75, 3.05) is 0 Å². The summed E-state index contributed by atoms with van der Waals surface area (Å²) >= 11 is 0. The number of benzene rings is 2. The van der Waals surface area contributed by atoms with Crippen molar-refractivity contribution in [2.24, 2.45) is 0 Å². The van der Waals surface area contributed by atoms with Crippen molar-refractivity contribution >= 4 is 23.1 Å². The molecule has 0 bridgehead atoms. The van der Waals surface area contributed by atoms with E-state index < -0.39 is 11.6 Å². The molecule has 0 aliphatic heterocycles. The van der Waals surface area contributed by atoms with Gasteiger partial charge in [-0.05, 0) is 12.1 Å². The first-order chi connectivity index (χ1) is 7.75. The van der Waals surface area contributed by atoms with E-state index in [1.165, 1.54) is 12.1 Å². The second-order valence-corrected chi connectivity index (χ2v) is 3.25. The molecule has 2 rings (SSSR count). The van der Waals surface area contributed by atoms with Crippen LogP contribution in [0.25, 0.3) is 0 Å². The van der Waals surface area contributed by atoms with Crippen molar-refractivity contribution in [3.05, 3.63) is 65.7 Å². The minimum absolute atomic E-state index is 0. The zero-order valence-corrected chi connectivity index (χ0v) is 12.5. The first-order valence-electron chi connectivity index (χ1n) is 4.79. The molecule has 0 aromatic heterocycles. The first kappa shape index (κ1) is 17.3. The Balaban J connectivity index is 0.00000144. The van der Waals surface area contributed by atoms with Crippen molar-refractivity contribution < 1.29 is 30.5 Å². The van der Waals surface area contributed by atoms with Gasteiger partial charge in [0.15, 0.2) is 0 Å². The Kier molecular flexibility index (Phi) is 8.14. The average Bonchev–Trinajstić information content (AvgIpc) is 2.29. The van der Waals surface area contributed by atoms with Gasteiger partial charge in [0.1, 0.15) is 18.2 Å². The molecule has 2 aromatic carbocycles. The summed E-state index contributed by atoms with van der Waals surface area (Å²) in [5.74, 6) is -0.658. The van der Waals surface area contributed by atoms with Gasteiger partial charge in [-0.2, -0.15) is 18.2 Å². The zero-order chi connectivity index (χ0) is 11.4. The monoisotopic (exact) mass is 322 g/mol. The van der Waals surface area contributed by atoms with Crippen LogP contribution in [0.2, 0.25) is 0 Å². The fraction of sp³-hybridized carbons (Fsp3) is 0.0769.